The van der Waals surface area contributed by atoms with Gasteiger partial charge in [0, 0.05) is 17.5 Å². The molecule has 0 spiro atoms. The molecule has 70 valence electrons. The highest BCUT2D eigenvalue weighted by Gasteiger charge is 2.40. The lowest BCUT2D eigenvalue weighted by molar-refractivity contribution is 0.616. The maximum Gasteiger partial charge on any atom is 0.0960 e. The van der Waals surface area contributed by atoms with Crippen molar-refractivity contribution in [2.45, 2.75) is 23.4 Å². The van der Waals surface area contributed by atoms with E-state index in [4.69, 9.17) is 0 Å². The van der Waals surface area contributed by atoms with E-state index in [-0.39, 0.29) is 0 Å². The van der Waals surface area contributed by atoms with Crippen molar-refractivity contribution in [3.05, 3.63) is 24.4 Å². The second kappa shape index (κ2) is 3.68. The molecule has 2 rings (SSSR count). The summed E-state index contributed by atoms with van der Waals surface area (Å²) in [4.78, 5) is 4.28. The second-order valence-electron chi connectivity index (χ2n) is 3.49. The summed E-state index contributed by atoms with van der Waals surface area (Å²) in [6, 6.07) is 6.06. The molecule has 0 aliphatic heterocycles. The van der Waals surface area contributed by atoms with Gasteiger partial charge >= 0.3 is 0 Å². The van der Waals surface area contributed by atoms with Crippen LogP contribution in [0.15, 0.2) is 29.4 Å². The molecule has 1 aliphatic rings. The maximum atomic E-state index is 4.28. The number of nitrogens with one attached hydrogen (secondary N) is 1. The van der Waals surface area contributed by atoms with E-state index in [1.165, 1.54) is 12.8 Å². The first-order chi connectivity index (χ1) is 6.35. The fraction of sp³-hybridized carbons (Fsp3) is 0.500. The maximum absolute atomic E-state index is 4.28. The molecule has 2 nitrogen and oxygen atoms in total. The van der Waals surface area contributed by atoms with Crippen LogP contribution in [0, 0.1) is 0 Å². The van der Waals surface area contributed by atoms with Crippen LogP contribution >= 0.6 is 11.8 Å². The highest BCUT2D eigenvalue weighted by molar-refractivity contribution is 7.99. The lowest BCUT2D eigenvalue weighted by Crippen LogP contribution is -2.29. The summed E-state index contributed by atoms with van der Waals surface area (Å²) >= 11 is 1.84. The van der Waals surface area contributed by atoms with Crippen LogP contribution in [-0.4, -0.2) is 23.3 Å². The van der Waals surface area contributed by atoms with Crippen molar-refractivity contribution in [3.63, 3.8) is 0 Å². The third-order valence-corrected chi connectivity index (χ3v) is 3.75. The first-order valence-electron chi connectivity index (χ1n) is 4.57. The summed E-state index contributed by atoms with van der Waals surface area (Å²) in [7, 11) is 2.05. The standard InChI is InChI=1S/C10H14N2S/c1-11-10(5-6-10)8-13-9-4-2-3-7-12-9/h2-4,7,11H,5-6,8H2,1H3. The van der Waals surface area contributed by atoms with Crippen LogP contribution in [0.4, 0.5) is 0 Å². The minimum absolute atomic E-state index is 0.419. The van der Waals surface area contributed by atoms with E-state index in [2.05, 4.69) is 16.4 Å². The third kappa shape index (κ3) is 2.23. The van der Waals surface area contributed by atoms with Crippen LogP contribution in [0.1, 0.15) is 12.8 Å². The van der Waals surface area contributed by atoms with E-state index in [1.807, 2.05) is 37.1 Å². The van der Waals surface area contributed by atoms with Gasteiger partial charge in [-0.15, -0.1) is 11.8 Å². The molecule has 3 heteroatoms. The molecule has 1 saturated carbocycles. The van der Waals surface area contributed by atoms with E-state index >= 15 is 0 Å². The summed E-state index contributed by atoms with van der Waals surface area (Å²) in [6.07, 6.45) is 4.47. The SMILES string of the molecule is CNC1(CSc2ccccn2)CC1. The van der Waals surface area contributed by atoms with E-state index in [0.29, 0.717) is 5.54 Å². The largest absolute Gasteiger partial charge is 0.313 e. The summed E-state index contributed by atoms with van der Waals surface area (Å²) < 4.78 is 0. The van der Waals surface area contributed by atoms with Crippen molar-refractivity contribution >= 4 is 11.8 Å². The van der Waals surface area contributed by atoms with Crippen LogP contribution in [0.5, 0.6) is 0 Å². The van der Waals surface area contributed by atoms with Gasteiger partial charge < -0.3 is 5.32 Å². The molecule has 13 heavy (non-hydrogen) atoms. The third-order valence-electron chi connectivity index (χ3n) is 2.52. The molecule has 1 aromatic rings. The summed E-state index contributed by atoms with van der Waals surface area (Å²) in [6.45, 7) is 0. The smallest absolute Gasteiger partial charge is 0.0960 e. The lowest BCUT2D eigenvalue weighted by atomic mass is 10.3. The van der Waals surface area contributed by atoms with Crippen molar-refractivity contribution in [1.82, 2.24) is 10.3 Å². The first kappa shape index (κ1) is 9.03. The molecule has 0 atom stereocenters. The molecule has 0 aromatic carbocycles. The van der Waals surface area contributed by atoms with Crippen LogP contribution in [0.3, 0.4) is 0 Å². The van der Waals surface area contributed by atoms with Crippen LogP contribution in [-0.2, 0) is 0 Å². The van der Waals surface area contributed by atoms with Crippen molar-refractivity contribution < 1.29 is 0 Å². The Morgan fingerprint density at radius 1 is 1.54 bits per heavy atom. The molecule has 1 N–H and O–H groups in total. The van der Waals surface area contributed by atoms with Crippen LogP contribution in [0.25, 0.3) is 0 Å². The summed E-state index contributed by atoms with van der Waals surface area (Å²) in [5, 5.41) is 4.50. The van der Waals surface area contributed by atoms with Gasteiger partial charge in [-0.3, -0.25) is 0 Å². The van der Waals surface area contributed by atoms with Gasteiger partial charge in [0.25, 0.3) is 0 Å². The van der Waals surface area contributed by atoms with E-state index in [1.54, 1.807) is 0 Å². The van der Waals surface area contributed by atoms with Crippen LogP contribution < -0.4 is 5.32 Å². The molecule has 0 bridgehead atoms. The van der Waals surface area contributed by atoms with Gasteiger partial charge in [0.05, 0.1) is 5.03 Å². The summed E-state index contributed by atoms with van der Waals surface area (Å²) in [5.74, 6) is 1.14. The van der Waals surface area contributed by atoms with Gasteiger partial charge in [0.15, 0.2) is 0 Å². The van der Waals surface area contributed by atoms with Gasteiger partial charge in [-0.25, -0.2) is 4.98 Å². The Hall–Kier alpha value is -0.540. The molecule has 1 heterocycles. The number of rotatable bonds is 4. The Balaban J connectivity index is 1.86. The average molecular weight is 194 g/mol. The average Bonchev–Trinajstić information content (AvgIpc) is 2.97. The predicted molar refractivity (Wildman–Crippen MR) is 56.0 cm³/mol. The zero-order chi connectivity index (χ0) is 9.15. The molecule has 1 fully saturated rings. The Kier molecular flexibility index (Phi) is 2.56. The molecule has 0 amide bonds. The number of nitrogens with zero attached hydrogens (tertiary/aromatic N) is 1. The van der Waals surface area contributed by atoms with Gasteiger partial charge in [0.2, 0.25) is 0 Å². The predicted octanol–water partition coefficient (Wildman–Crippen LogP) is 1.93. The zero-order valence-electron chi connectivity index (χ0n) is 7.79. The van der Waals surface area contributed by atoms with Gasteiger partial charge in [-0.05, 0) is 32.0 Å². The second-order valence-corrected chi connectivity index (χ2v) is 4.48. The first-order valence-corrected chi connectivity index (χ1v) is 5.56. The van der Waals surface area contributed by atoms with E-state index in [0.717, 1.165) is 10.8 Å². The molecule has 0 unspecified atom stereocenters. The number of pyridine rings is 1. The molecule has 0 saturated heterocycles. The molecular formula is C10H14N2S. The minimum atomic E-state index is 0.419. The highest BCUT2D eigenvalue weighted by atomic mass is 32.2. The molecule has 0 radical (unpaired) electrons. The Bertz CT molecular complexity index is 270. The Morgan fingerprint density at radius 2 is 2.38 bits per heavy atom. The molecule has 1 aliphatic carbocycles. The summed E-state index contributed by atoms with van der Waals surface area (Å²) in [5.41, 5.74) is 0.419. The minimum Gasteiger partial charge on any atom is -0.313 e. The normalized spacial score (nSPS) is 18.5. The van der Waals surface area contributed by atoms with E-state index < -0.39 is 0 Å². The Morgan fingerprint density at radius 3 is 2.92 bits per heavy atom. The topological polar surface area (TPSA) is 24.9 Å². The monoisotopic (exact) mass is 194 g/mol. The van der Waals surface area contributed by atoms with Crippen molar-refractivity contribution in [3.8, 4) is 0 Å². The van der Waals surface area contributed by atoms with Crippen LogP contribution in [0.2, 0.25) is 0 Å². The molecule has 1 aromatic heterocycles. The van der Waals surface area contributed by atoms with Crippen molar-refractivity contribution in [2.75, 3.05) is 12.8 Å². The fourth-order valence-electron chi connectivity index (χ4n) is 1.26. The lowest BCUT2D eigenvalue weighted by Gasteiger charge is -2.12. The fourth-order valence-corrected chi connectivity index (χ4v) is 2.43. The number of hydrogen-bond donors (Lipinski definition) is 1. The molecular weight excluding hydrogens is 180 g/mol. The van der Waals surface area contributed by atoms with Gasteiger partial charge in [-0.2, -0.15) is 0 Å². The Labute approximate surface area is 83.1 Å². The van der Waals surface area contributed by atoms with Gasteiger partial charge in [-0.1, -0.05) is 6.07 Å². The van der Waals surface area contributed by atoms with Crippen molar-refractivity contribution in [1.29, 1.82) is 0 Å². The van der Waals surface area contributed by atoms with Gasteiger partial charge in [0.1, 0.15) is 0 Å². The van der Waals surface area contributed by atoms with E-state index in [9.17, 15) is 0 Å². The zero-order valence-corrected chi connectivity index (χ0v) is 8.60. The number of aromatic nitrogens is 1. The quantitative estimate of drug-likeness (QED) is 0.741. The highest BCUT2D eigenvalue weighted by Crippen LogP contribution is 2.39. The van der Waals surface area contributed by atoms with Crippen molar-refractivity contribution in [2.24, 2.45) is 0 Å². The number of hydrogen-bond acceptors (Lipinski definition) is 3. The number of thioether (sulfide) groups is 1.